The summed E-state index contributed by atoms with van der Waals surface area (Å²) in [7, 11) is 0. The molecule has 0 unspecified atom stereocenters. The Morgan fingerprint density at radius 1 is 1.30 bits per heavy atom. The van der Waals surface area contributed by atoms with Gasteiger partial charge in [-0.05, 0) is 31.9 Å². The van der Waals surface area contributed by atoms with Crippen LogP contribution < -0.4 is 0 Å². The highest BCUT2D eigenvalue weighted by molar-refractivity contribution is 5.53. The van der Waals surface area contributed by atoms with Gasteiger partial charge < -0.3 is 9.32 Å². The van der Waals surface area contributed by atoms with E-state index in [-0.39, 0.29) is 5.92 Å². The molecule has 1 amide bonds. The molecule has 0 radical (unpaired) electrons. The Balaban J connectivity index is 1.79. The first-order valence-electron chi connectivity index (χ1n) is 6.86. The summed E-state index contributed by atoms with van der Waals surface area (Å²) < 4.78 is 5.78. The van der Waals surface area contributed by atoms with E-state index < -0.39 is 0 Å². The third-order valence-electron chi connectivity index (χ3n) is 3.69. The summed E-state index contributed by atoms with van der Waals surface area (Å²) in [5.74, 6) is 1.33. The lowest BCUT2D eigenvalue weighted by atomic mass is 9.98. The number of carbonyl (C=O) groups excluding carboxylic acids is 1. The van der Waals surface area contributed by atoms with Crippen LogP contribution in [0.4, 0.5) is 0 Å². The highest BCUT2D eigenvalue weighted by atomic mass is 16.4. The van der Waals surface area contributed by atoms with Crippen LogP contribution in [-0.2, 0) is 4.79 Å². The van der Waals surface area contributed by atoms with Crippen molar-refractivity contribution in [3.8, 4) is 11.5 Å². The number of aryl methyl sites for hydroxylation is 1. The second-order valence-corrected chi connectivity index (χ2v) is 5.25. The minimum absolute atomic E-state index is 0.153. The molecule has 104 valence electrons. The molecule has 2 aromatic rings. The van der Waals surface area contributed by atoms with E-state index in [0.29, 0.717) is 18.3 Å². The molecule has 5 heteroatoms. The number of nitrogens with zero attached hydrogens (tertiary/aromatic N) is 3. The number of aromatic nitrogens is 2. The fourth-order valence-corrected chi connectivity index (χ4v) is 2.52. The van der Waals surface area contributed by atoms with Gasteiger partial charge >= 0.3 is 0 Å². The SMILES string of the molecule is Cc1ccc(-c2nnc([C@@H]3CCCN(C=O)C3)o2)cc1. The molecule has 5 nitrogen and oxygen atoms in total. The van der Waals surface area contributed by atoms with Gasteiger partial charge in [-0.25, -0.2) is 0 Å². The lowest BCUT2D eigenvalue weighted by molar-refractivity contribution is -0.119. The third-order valence-corrected chi connectivity index (χ3v) is 3.69. The summed E-state index contributed by atoms with van der Waals surface area (Å²) in [5, 5.41) is 8.27. The maximum atomic E-state index is 10.9. The van der Waals surface area contributed by atoms with Gasteiger partial charge in [0.2, 0.25) is 18.2 Å². The summed E-state index contributed by atoms with van der Waals surface area (Å²) in [6.07, 6.45) is 2.86. The molecule has 0 saturated carbocycles. The third kappa shape index (κ3) is 2.57. The van der Waals surface area contributed by atoms with Gasteiger partial charge in [0.05, 0.1) is 5.92 Å². The molecule has 1 fully saturated rings. The zero-order chi connectivity index (χ0) is 13.9. The van der Waals surface area contributed by atoms with Crippen molar-refractivity contribution in [3.05, 3.63) is 35.7 Å². The van der Waals surface area contributed by atoms with Crippen molar-refractivity contribution in [2.75, 3.05) is 13.1 Å². The molecule has 1 aromatic heterocycles. The van der Waals surface area contributed by atoms with Crippen molar-refractivity contribution >= 4 is 6.41 Å². The smallest absolute Gasteiger partial charge is 0.247 e. The predicted octanol–water partition coefficient (Wildman–Crippen LogP) is 2.38. The minimum Gasteiger partial charge on any atom is -0.420 e. The zero-order valence-electron chi connectivity index (χ0n) is 11.5. The van der Waals surface area contributed by atoms with E-state index in [1.165, 1.54) is 5.56 Å². The van der Waals surface area contributed by atoms with Crippen LogP contribution in [0.2, 0.25) is 0 Å². The molecule has 1 saturated heterocycles. The van der Waals surface area contributed by atoms with Gasteiger partial charge in [-0.15, -0.1) is 10.2 Å². The number of rotatable bonds is 3. The van der Waals surface area contributed by atoms with E-state index in [0.717, 1.165) is 31.4 Å². The molecular formula is C15H17N3O2. The molecule has 0 aliphatic carbocycles. The first-order chi connectivity index (χ1) is 9.76. The van der Waals surface area contributed by atoms with Crippen LogP contribution >= 0.6 is 0 Å². The Kier molecular flexibility index (Phi) is 3.50. The average molecular weight is 271 g/mol. The summed E-state index contributed by atoms with van der Waals surface area (Å²) in [6.45, 7) is 3.52. The van der Waals surface area contributed by atoms with E-state index in [1.54, 1.807) is 4.90 Å². The van der Waals surface area contributed by atoms with E-state index in [4.69, 9.17) is 4.42 Å². The van der Waals surface area contributed by atoms with Crippen LogP contribution in [0.3, 0.4) is 0 Å². The molecule has 0 N–H and O–H groups in total. The van der Waals surface area contributed by atoms with Gasteiger partial charge in [-0.3, -0.25) is 4.79 Å². The highest BCUT2D eigenvalue weighted by Gasteiger charge is 2.25. The molecule has 1 aromatic carbocycles. The topological polar surface area (TPSA) is 59.2 Å². The fraction of sp³-hybridized carbons (Fsp3) is 0.400. The molecule has 0 spiro atoms. The molecule has 20 heavy (non-hydrogen) atoms. The average Bonchev–Trinajstić information content (AvgIpc) is 2.98. The highest BCUT2D eigenvalue weighted by Crippen LogP contribution is 2.27. The summed E-state index contributed by atoms with van der Waals surface area (Å²) in [5.41, 5.74) is 2.12. The molecule has 1 aliphatic rings. The molecule has 1 aliphatic heterocycles. The van der Waals surface area contributed by atoms with Crippen LogP contribution in [-0.4, -0.2) is 34.6 Å². The minimum atomic E-state index is 0.153. The standard InChI is InChI=1S/C15H17N3O2/c1-11-4-6-12(7-5-11)14-16-17-15(20-14)13-3-2-8-18(9-13)10-19/h4-7,10,13H,2-3,8-9H2,1H3/t13-/m1/s1. The summed E-state index contributed by atoms with van der Waals surface area (Å²) in [4.78, 5) is 12.6. The summed E-state index contributed by atoms with van der Waals surface area (Å²) in [6, 6.07) is 8.00. The Labute approximate surface area is 117 Å². The second kappa shape index (κ2) is 5.45. The first-order valence-corrected chi connectivity index (χ1v) is 6.86. The van der Waals surface area contributed by atoms with Gasteiger partial charge in [0, 0.05) is 18.7 Å². The van der Waals surface area contributed by atoms with Crippen LogP contribution in [0, 0.1) is 6.92 Å². The molecule has 0 bridgehead atoms. The largest absolute Gasteiger partial charge is 0.420 e. The number of hydrogen-bond donors (Lipinski definition) is 0. The molecular weight excluding hydrogens is 254 g/mol. The lowest BCUT2D eigenvalue weighted by Crippen LogP contribution is -2.33. The van der Waals surface area contributed by atoms with Crippen molar-refractivity contribution in [1.29, 1.82) is 0 Å². The first kappa shape index (κ1) is 12.8. The Morgan fingerprint density at radius 3 is 2.85 bits per heavy atom. The van der Waals surface area contributed by atoms with E-state index >= 15 is 0 Å². The van der Waals surface area contributed by atoms with Gasteiger partial charge in [-0.2, -0.15) is 0 Å². The van der Waals surface area contributed by atoms with Gasteiger partial charge in [0.15, 0.2) is 0 Å². The Morgan fingerprint density at radius 2 is 2.10 bits per heavy atom. The Hall–Kier alpha value is -2.17. The lowest BCUT2D eigenvalue weighted by Gasteiger charge is -2.27. The van der Waals surface area contributed by atoms with Gasteiger partial charge in [0.25, 0.3) is 0 Å². The fourth-order valence-electron chi connectivity index (χ4n) is 2.52. The van der Waals surface area contributed by atoms with Crippen molar-refractivity contribution in [1.82, 2.24) is 15.1 Å². The quantitative estimate of drug-likeness (QED) is 0.804. The predicted molar refractivity (Wildman–Crippen MR) is 74.1 cm³/mol. The van der Waals surface area contributed by atoms with Crippen LogP contribution in [0.1, 0.15) is 30.2 Å². The monoisotopic (exact) mass is 271 g/mol. The van der Waals surface area contributed by atoms with Crippen LogP contribution in [0.15, 0.2) is 28.7 Å². The number of benzene rings is 1. The van der Waals surface area contributed by atoms with Crippen molar-refractivity contribution in [2.45, 2.75) is 25.7 Å². The number of likely N-dealkylation sites (tertiary alicyclic amines) is 1. The number of amides is 1. The van der Waals surface area contributed by atoms with Crippen molar-refractivity contribution in [2.24, 2.45) is 0 Å². The molecule has 1 atom stereocenters. The van der Waals surface area contributed by atoms with Gasteiger partial charge in [-0.1, -0.05) is 17.7 Å². The molecule has 2 heterocycles. The van der Waals surface area contributed by atoms with E-state index in [1.807, 2.05) is 31.2 Å². The van der Waals surface area contributed by atoms with Crippen molar-refractivity contribution in [3.63, 3.8) is 0 Å². The maximum absolute atomic E-state index is 10.9. The number of hydrogen-bond acceptors (Lipinski definition) is 4. The molecule has 3 rings (SSSR count). The normalized spacial score (nSPS) is 19.1. The maximum Gasteiger partial charge on any atom is 0.247 e. The van der Waals surface area contributed by atoms with Crippen LogP contribution in [0.25, 0.3) is 11.5 Å². The van der Waals surface area contributed by atoms with Crippen molar-refractivity contribution < 1.29 is 9.21 Å². The number of piperidine rings is 1. The van der Waals surface area contributed by atoms with E-state index in [2.05, 4.69) is 10.2 Å². The summed E-state index contributed by atoms with van der Waals surface area (Å²) >= 11 is 0. The van der Waals surface area contributed by atoms with E-state index in [9.17, 15) is 4.79 Å². The van der Waals surface area contributed by atoms with Gasteiger partial charge in [0.1, 0.15) is 0 Å². The zero-order valence-corrected chi connectivity index (χ0v) is 11.5. The Bertz CT molecular complexity index is 591. The van der Waals surface area contributed by atoms with Crippen LogP contribution in [0.5, 0.6) is 0 Å². The number of carbonyl (C=O) groups is 1. The second-order valence-electron chi connectivity index (χ2n) is 5.25.